The first-order chi connectivity index (χ1) is 24.6. The first kappa shape index (κ1) is 28.7. The van der Waals surface area contributed by atoms with Crippen LogP contribution in [0.2, 0.25) is 0 Å². The van der Waals surface area contributed by atoms with Gasteiger partial charge in [-0.2, -0.15) is 0 Å². The van der Waals surface area contributed by atoms with Gasteiger partial charge in [0.2, 0.25) is 0 Å². The van der Waals surface area contributed by atoms with Gasteiger partial charge in [-0.15, -0.1) is 0 Å². The first-order valence-corrected chi connectivity index (χ1v) is 17.3. The van der Waals surface area contributed by atoms with E-state index in [1.165, 1.54) is 38.8 Å². The molecule has 50 heavy (non-hydrogen) atoms. The number of anilines is 5. The minimum absolute atomic E-state index is 0.209. The van der Waals surface area contributed by atoms with Gasteiger partial charge >= 0.3 is 0 Å². The Morgan fingerprint density at radius 2 is 1.32 bits per heavy atom. The molecule has 1 aliphatic heterocycles. The van der Waals surface area contributed by atoms with Crippen LogP contribution in [0, 0.1) is 0 Å². The van der Waals surface area contributed by atoms with Crippen LogP contribution in [0.15, 0.2) is 186 Å². The van der Waals surface area contributed by atoms with E-state index in [1.807, 2.05) is 12.1 Å². The molecule has 3 nitrogen and oxygen atoms in total. The fraction of sp³-hybridized carbons (Fsp3) is 0.0638. The van der Waals surface area contributed by atoms with Crippen molar-refractivity contribution in [2.45, 2.75) is 18.4 Å². The average molecular weight is 643 g/mol. The zero-order valence-corrected chi connectivity index (χ0v) is 27.7. The predicted molar refractivity (Wildman–Crippen MR) is 209 cm³/mol. The van der Waals surface area contributed by atoms with Gasteiger partial charge in [0.1, 0.15) is 11.2 Å². The smallest absolute Gasteiger partial charge is 0.137 e. The van der Waals surface area contributed by atoms with Gasteiger partial charge in [0.05, 0.1) is 5.54 Å². The summed E-state index contributed by atoms with van der Waals surface area (Å²) in [6, 6.07) is 56.8. The molecule has 238 valence electrons. The van der Waals surface area contributed by atoms with Crippen molar-refractivity contribution in [1.82, 2.24) is 0 Å². The van der Waals surface area contributed by atoms with E-state index in [-0.39, 0.29) is 11.5 Å². The molecular formula is C47H34N2O. The molecule has 1 aliphatic carbocycles. The van der Waals surface area contributed by atoms with E-state index >= 15 is 0 Å². The Labute approximate surface area is 291 Å². The van der Waals surface area contributed by atoms with Gasteiger partial charge in [-0.3, -0.25) is 0 Å². The molecule has 0 radical (unpaired) electrons. The van der Waals surface area contributed by atoms with Crippen molar-refractivity contribution in [2.24, 2.45) is 0 Å². The fourth-order valence-electron chi connectivity index (χ4n) is 8.23. The summed E-state index contributed by atoms with van der Waals surface area (Å²) >= 11 is 0. The second kappa shape index (κ2) is 11.1. The summed E-state index contributed by atoms with van der Waals surface area (Å²) in [5.41, 5.74) is 11.0. The van der Waals surface area contributed by atoms with Crippen molar-refractivity contribution in [3.63, 3.8) is 0 Å². The number of hydrogen-bond donors (Lipinski definition) is 0. The van der Waals surface area contributed by atoms with E-state index in [0.29, 0.717) is 0 Å². The molecule has 0 bridgehead atoms. The predicted octanol–water partition coefficient (Wildman–Crippen LogP) is 13.0. The van der Waals surface area contributed by atoms with Gasteiger partial charge in [0.15, 0.2) is 0 Å². The number of para-hydroxylation sites is 2. The third-order valence-electron chi connectivity index (χ3n) is 10.6. The van der Waals surface area contributed by atoms with Gasteiger partial charge in [-0.1, -0.05) is 115 Å². The maximum atomic E-state index is 6.33. The Morgan fingerprint density at radius 3 is 2.24 bits per heavy atom. The second-order valence-electron chi connectivity index (χ2n) is 13.6. The molecule has 1 aromatic heterocycles. The van der Waals surface area contributed by atoms with Gasteiger partial charge in [-0.25, -0.2) is 0 Å². The van der Waals surface area contributed by atoms with Crippen LogP contribution in [-0.4, -0.2) is 5.54 Å². The molecule has 0 fully saturated rings. The molecule has 0 amide bonds. The van der Waals surface area contributed by atoms with Crippen molar-refractivity contribution in [1.29, 1.82) is 0 Å². The highest BCUT2D eigenvalue weighted by Crippen LogP contribution is 2.55. The molecule has 7 aromatic carbocycles. The third-order valence-corrected chi connectivity index (χ3v) is 10.6. The SMILES string of the molecule is CC12C=CC=CC1c1ccc(-c3cccc(N(c4ccccc4)c4ccc5c(c4)oc4ccccc45)c3)cc1N2c1ccc2ccccc2c1. The van der Waals surface area contributed by atoms with E-state index in [0.717, 1.165) is 39.0 Å². The number of fused-ring (bicyclic) bond motifs is 7. The number of furan rings is 1. The first-order valence-electron chi connectivity index (χ1n) is 17.3. The second-order valence-corrected chi connectivity index (χ2v) is 13.6. The van der Waals surface area contributed by atoms with Gasteiger partial charge in [0.25, 0.3) is 0 Å². The number of nitrogens with zero attached hydrogens (tertiary/aromatic N) is 2. The summed E-state index contributed by atoms with van der Waals surface area (Å²) in [6.07, 6.45) is 9.11. The van der Waals surface area contributed by atoms with Gasteiger partial charge < -0.3 is 14.2 Å². The zero-order valence-electron chi connectivity index (χ0n) is 27.7. The van der Waals surface area contributed by atoms with Crippen LogP contribution in [0.5, 0.6) is 0 Å². The molecule has 0 N–H and O–H groups in total. The highest BCUT2D eigenvalue weighted by molar-refractivity contribution is 6.06. The standard InChI is InChI=1S/C47H34N2O/c1-47-27-10-9-19-43(47)42-25-22-35(30-44(42)49(47)39-23-21-32-12-5-6-13-33(32)29-39)34-14-11-17-37(28-34)48(36-15-3-2-4-16-36)38-24-26-41-40-18-7-8-20-45(40)50-46(41)31-38/h2-31,43H,1H3. The topological polar surface area (TPSA) is 19.6 Å². The summed E-state index contributed by atoms with van der Waals surface area (Å²) in [6.45, 7) is 2.36. The lowest BCUT2D eigenvalue weighted by Crippen LogP contribution is -2.41. The van der Waals surface area contributed by atoms with Crippen LogP contribution in [0.1, 0.15) is 18.4 Å². The van der Waals surface area contributed by atoms with E-state index in [4.69, 9.17) is 4.42 Å². The molecular weight excluding hydrogens is 609 g/mol. The average Bonchev–Trinajstić information content (AvgIpc) is 3.66. The van der Waals surface area contributed by atoms with Crippen LogP contribution in [0.3, 0.4) is 0 Å². The number of rotatable bonds is 5. The molecule has 3 heteroatoms. The summed E-state index contributed by atoms with van der Waals surface area (Å²) in [7, 11) is 0. The minimum Gasteiger partial charge on any atom is -0.456 e. The minimum atomic E-state index is -0.209. The van der Waals surface area contributed by atoms with Crippen LogP contribution < -0.4 is 9.80 Å². The van der Waals surface area contributed by atoms with Crippen molar-refractivity contribution in [3.8, 4) is 11.1 Å². The maximum Gasteiger partial charge on any atom is 0.137 e. The lowest BCUT2D eigenvalue weighted by molar-refractivity contribution is 0.542. The van der Waals surface area contributed by atoms with Crippen LogP contribution >= 0.6 is 0 Å². The van der Waals surface area contributed by atoms with Gasteiger partial charge in [0, 0.05) is 51.2 Å². The molecule has 0 spiro atoms. The van der Waals surface area contributed by atoms with Crippen molar-refractivity contribution in [2.75, 3.05) is 9.80 Å². The highest BCUT2D eigenvalue weighted by atomic mass is 16.3. The summed E-state index contributed by atoms with van der Waals surface area (Å²) in [4.78, 5) is 4.86. The Balaban J connectivity index is 1.10. The third kappa shape index (κ3) is 4.44. The molecule has 0 saturated carbocycles. The summed E-state index contributed by atoms with van der Waals surface area (Å²) < 4.78 is 6.33. The number of hydrogen-bond acceptors (Lipinski definition) is 3. The Hall–Kier alpha value is -6.32. The molecule has 2 unspecified atom stereocenters. The highest BCUT2D eigenvalue weighted by Gasteiger charge is 2.47. The van der Waals surface area contributed by atoms with E-state index < -0.39 is 0 Å². The summed E-state index contributed by atoms with van der Waals surface area (Å²) in [5.74, 6) is 0.260. The number of allylic oxidation sites excluding steroid dienone is 2. The molecule has 2 aliphatic rings. The molecule has 10 rings (SSSR count). The van der Waals surface area contributed by atoms with E-state index in [1.54, 1.807) is 0 Å². The van der Waals surface area contributed by atoms with E-state index in [2.05, 4.69) is 187 Å². The number of benzene rings is 7. The van der Waals surface area contributed by atoms with Crippen LogP contribution in [-0.2, 0) is 0 Å². The fourth-order valence-corrected chi connectivity index (χ4v) is 8.23. The van der Waals surface area contributed by atoms with Crippen molar-refractivity contribution in [3.05, 3.63) is 188 Å². The molecule has 0 saturated heterocycles. The van der Waals surface area contributed by atoms with Crippen molar-refractivity contribution >= 4 is 61.1 Å². The van der Waals surface area contributed by atoms with Crippen LogP contribution in [0.4, 0.5) is 28.4 Å². The lowest BCUT2D eigenvalue weighted by Gasteiger charge is -2.39. The zero-order chi connectivity index (χ0) is 33.2. The molecule has 2 heterocycles. The molecule has 8 aromatic rings. The normalized spacial score (nSPS) is 17.8. The summed E-state index contributed by atoms with van der Waals surface area (Å²) in [5, 5.41) is 4.76. The van der Waals surface area contributed by atoms with Gasteiger partial charge in [-0.05, 0) is 95.1 Å². The molecule has 2 atom stereocenters. The monoisotopic (exact) mass is 642 g/mol. The van der Waals surface area contributed by atoms with Crippen molar-refractivity contribution < 1.29 is 4.42 Å². The largest absolute Gasteiger partial charge is 0.456 e. The maximum absolute atomic E-state index is 6.33. The van der Waals surface area contributed by atoms with Crippen LogP contribution in [0.25, 0.3) is 43.8 Å². The Kier molecular flexibility index (Phi) is 6.37. The quantitative estimate of drug-likeness (QED) is 0.186. The van der Waals surface area contributed by atoms with E-state index in [9.17, 15) is 0 Å². The Morgan fingerprint density at radius 1 is 0.560 bits per heavy atom. The lowest BCUT2D eigenvalue weighted by atomic mass is 9.80. The Bertz CT molecular complexity index is 2650.